The van der Waals surface area contributed by atoms with E-state index in [0.717, 1.165) is 4.90 Å². The number of hydrogen-bond acceptors (Lipinski definition) is 4. The zero-order valence-electron chi connectivity index (χ0n) is 10.9. The summed E-state index contributed by atoms with van der Waals surface area (Å²) in [5, 5.41) is 4.74. The largest absolute Gasteiger partial charge is 0.326 e. The standard InChI is InChI=1S/C12H17N3O4/c1-6(2)5-7-11(18)15(12(19)13-7)8-3-4-9(16)14-10(8)17/h6-8H,3-5H2,1-2H3,(H,13,19)(H,14,16,17)/t7-,8+/m0/s1. The van der Waals surface area contributed by atoms with Crippen LogP contribution in [0.5, 0.6) is 0 Å². The number of nitrogens with zero attached hydrogens (tertiary/aromatic N) is 1. The van der Waals surface area contributed by atoms with Crippen LogP contribution in [-0.4, -0.2) is 40.7 Å². The number of nitrogens with one attached hydrogen (secondary N) is 2. The van der Waals surface area contributed by atoms with Crippen molar-refractivity contribution in [3.05, 3.63) is 0 Å². The van der Waals surface area contributed by atoms with Crippen molar-refractivity contribution in [2.75, 3.05) is 0 Å². The Labute approximate surface area is 110 Å². The molecule has 0 aromatic carbocycles. The van der Waals surface area contributed by atoms with Gasteiger partial charge >= 0.3 is 6.03 Å². The Morgan fingerprint density at radius 2 is 1.95 bits per heavy atom. The summed E-state index contributed by atoms with van der Waals surface area (Å²) in [5.41, 5.74) is 0. The van der Waals surface area contributed by atoms with E-state index in [2.05, 4.69) is 10.6 Å². The zero-order valence-corrected chi connectivity index (χ0v) is 10.9. The normalized spacial score (nSPS) is 27.8. The molecule has 2 N–H and O–H groups in total. The van der Waals surface area contributed by atoms with Gasteiger partial charge in [-0.25, -0.2) is 9.69 Å². The van der Waals surface area contributed by atoms with Gasteiger partial charge in [-0.1, -0.05) is 13.8 Å². The summed E-state index contributed by atoms with van der Waals surface area (Å²) < 4.78 is 0. The van der Waals surface area contributed by atoms with Crippen molar-refractivity contribution in [3.63, 3.8) is 0 Å². The number of carbonyl (C=O) groups is 4. The number of imide groups is 2. The van der Waals surface area contributed by atoms with E-state index in [1.165, 1.54) is 0 Å². The molecule has 7 nitrogen and oxygen atoms in total. The van der Waals surface area contributed by atoms with Crippen molar-refractivity contribution in [2.45, 2.75) is 45.2 Å². The van der Waals surface area contributed by atoms with E-state index < -0.39 is 24.0 Å². The van der Waals surface area contributed by atoms with Crippen LogP contribution in [0.3, 0.4) is 0 Å². The van der Waals surface area contributed by atoms with Gasteiger partial charge in [0.15, 0.2) is 0 Å². The maximum Gasteiger partial charge on any atom is 0.325 e. The highest BCUT2D eigenvalue weighted by Crippen LogP contribution is 2.20. The summed E-state index contributed by atoms with van der Waals surface area (Å²) >= 11 is 0. The van der Waals surface area contributed by atoms with E-state index in [-0.39, 0.29) is 30.6 Å². The number of amides is 5. The van der Waals surface area contributed by atoms with Crippen molar-refractivity contribution in [1.82, 2.24) is 15.5 Å². The second-order valence-electron chi connectivity index (χ2n) is 5.31. The number of rotatable bonds is 3. The Kier molecular flexibility index (Phi) is 3.55. The van der Waals surface area contributed by atoms with E-state index in [1.807, 2.05) is 13.8 Å². The summed E-state index contributed by atoms with van der Waals surface area (Å²) in [7, 11) is 0. The summed E-state index contributed by atoms with van der Waals surface area (Å²) in [5.74, 6) is -1.07. The molecule has 2 rings (SSSR count). The lowest BCUT2D eigenvalue weighted by molar-refractivity contribution is -0.142. The van der Waals surface area contributed by atoms with Crippen LogP contribution in [0, 0.1) is 5.92 Å². The molecular formula is C12H17N3O4. The monoisotopic (exact) mass is 267 g/mol. The van der Waals surface area contributed by atoms with Crippen LogP contribution in [-0.2, 0) is 14.4 Å². The molecule has 2 fully saturated rings. The highest BCUT2D eigenvalue weighted by Gasteiger charge is 2.45. The Balaban J connectivity index is 2.12. The summed E-state index contributed by atoms with van der Waals surface area (Å²) in [6, 6.07) is -1.99. The molecule has 0 bridgehead atoms. The fourth-order valence-electron chi connectivity index (χ4n) is 2.40. The first kappa shape index (κ1) is 13.5. The molecule has 0 radical (unpaired) electrons. The van der Waals surface area contributed by atoms with E-state index in [0.29, 0.717) is 6.42 Å². The molecular weight excluding hydrogens is 250 g/mol. The van der Waals surface area contributed by atoms with Gasteiger partial charge in [-0.05, 0) is 18.8 Å². The minimum absolute atomic E-state index is 0.141. The molecule has 0 unspecified atom stereocenters. The third-order valence-corrected chi connectivity index (χ3v) is 3.28. The highest BCUT2D eigenvalue weighted by atomic mass is 16.2. The molecule has 0 saturated carbocycles. The molecule has 2 atom stereocenters. The van der Waals surface area contributed by atoms with Gasteiger partial charge in [-0.15, -0.1) is 0 Å². The van der Waals surface area contributed by atoms with E-state index >= 15 is 0 Å². The van der Waals surface area contributed by atoms with Gasteiger partial charge in [0.1, 0.15) is 12.1 Å². The molecule has 2 aliphatic heterocycles. The van der Waals surface area contributed by atoms with Crippen molar-refractivity contribution < 1.29 is 19.2 Å². The topological polar surface area (TPSA) is 95.6 Å². The van der Waals surface area contributed by atoms with Gasteiger partial charge in [0.05, 0.1) is 0 Å². The SMILES string of the molecule is CC(C)C[C@@H]1NC(=O)N([C@@H]2CCC(=O)NC2=O)C1=O. The van der Waals surface area contributed by atoms with Crippen LogP contribution >= 0.6 is 0 Å². The molecule has 5 amide bonds. The van der Waals surface area contributed by atoms with Gasteiger partial charge in [-0.3, -0.25) is 19.7 Å². The quantitative estimate of drug-likeness (QED) is 0.545. The molecule has 2 saturated heterocycles. The maximum atomic E-state index is 12.2. The van der Waals surface area contributed by atoms with Crippen LogP contribution in [0.2, 0.25) is 0 Å². The second-order valence-corrected chi connectivity index (χ2v) is 5.31. The van der Waals surface area contributed by atoms with E-state index in [4.69, 9.17) is 0 Å². The van der Waals surface area contributed by atoms with Crippen LogP contribution in [0.4, 0.5) is 4.79 Å². The third-order valence-electron chi connectivity index (χ3n) is 3.28. The summed E-state index contributed by atoms with van der Waals surface area (Å²) in [6.45, 7) is 3.90. The zero-order chi connectivity index (χ0) is 14.2. The van der Waals surface area contributed by atoms with Crippen molar-refractivity contribution in [2.24, 2.45) is 5.92 Å². The minimum atomic E-state index is -0.873. The first-order chi connectivity index (χ1) is 8.90. The molecule has 2 heterocycles. The van der Waals surface area contributed by atoms with Crippen molar-refractivity contribution >= 4 is 23.8 Å². The van der Waals surface area contributed by atoms with Gasteiger partial charge in [0.25, 0.3) is 5.91 Å². The smallest absolute Gasteiger partial charge is 0.325 e. The molecule has 104 valence electrons. The average molecular weight is 267 g/mol. The summed E-state index contributed by atoms with van der Waals surface area (Å²) in [4.78, 5) is 47.7. The highest BCUT2D eigenvalue weighted by molar-refractivity contribution is 6.10. The molecule has 0 aliphatic carbocycles. The van der Waals surface area contributed by atoms with E-state index in [9.17, 15) is 19.2 Å². The molecule has 2 aliphatic rings. The van der Waals surface area contributed by atoms with Crippen molar-refractivity contribution in [3.8, 4) is 0 Å². The fourth-order valence-corrected chi connectivity index (χ4v) is 2.40. The maximum absolute atomic E-state index is 12.2. The fraction of sp³-hybridized carbons (Fsp3) is 0.667. The van der Waals surface area contributed by atoms with Crippen LogP contribution in [0.15, 0.2) is 0 Å². The van der Waals surface area contributed by atoms with Gasteiger partial charge in [0.2, 0.25) is 11.8 Å². The third kappa shape index (κ3) is 2.59. The molecule has 0 aromatic heterocycles. The molecule has 19 heavy (non-hydrogen) atoms. The Morgan fingerprint density at radius 1 is 1.26 bits per heavy atom. The second kappa shape index (κ2) is 4.99. The molecule has 0 aromatic rings. The van der Waals surface area contributed by atoms with Crippen LogP contribution in [0.25, 0.3) is 0 Å². The first-order valence-corrected chi connectivity index (χ1v) is 6.37. The number of carbonyl (C=O) groups excluding carboxylic acids is 4. The van der Waals surface area contributed by atoms with Crippen molar-refractivity contribution in [1.29, 1.82) is 0 Å². The van der Waals surface area contributed by atoms with Crippen LogP contribution < -0.4 is 10.6 Å². The number of urea groups is 1. The van der Waals surface area contributed by atoms with Gasteiger partial charge in [-0.2, -0.15) is 0 Å². The van der Waals surface area contributed by atoms with Crippen LogP contribution in [0.1, 0.15) is 33.1 Å². The minimum Gasteiger partial charge on any atom is -0.326 e. The summed E-state index contributed by atoms with van der Waals surface area (Å²) in [6.07, 6.45) is 0.870. The lowest BCUT2D eigenvalue weighted by Crippen LogP contribution is -2.54. The first-order valence-electron chi connectivity index (χ1n) is 6.37. The number of piperidine rings is 1. The van der Waals surface area contributed by atoms with Gasteiger partial charge in [0, 0.05) is 6.42 Å². The Bertz CT molecular complexity index is 446. The lowest BCUT2D eigenvalue weighted by atomic mass is 10.0. The van der Waals surface area contributed by atoms with E-state index in [1.54, 1.807) is 0 Å². The molecule has 7 heteroatoms. The lowest BCUT2D eigenvalue weighted by Gasteiger charge is -2.27. The Morgan fingerprint density at radius 3 is 2.53 bits per heavy atom. The Hall–Kier alpha value is -1.92. The average Bonchev–Trinajstić information content (AvgIpc) is 2.55. The number of hydrogen-bond donors (Lipinski definition) is 2. The predicted molar refractivity (Wildman–Crippen MR) is 64.8 cm³/mol. The van der Waals surface area contributed by atoms with Gasteiger partial charge < -0.3 is 5.32 Å². The molecule has 0 spiro atoms. The predicted octanol–water partition coefficient (Wildman–Crippen LogP) is -0.242.